The second kappa shape index (κ2) is 4.92. The predicted octanol–water partition coefficient (Wildman–Crippen LogP) is 0.123. The highest BCUT2D eigenvalue weighted by Crippen LogP contribution is 2.16. The number of rotatable bonds is 4. The molecule has 0 aromatic carbocycles. The van der Waals surface area contributed by atoms with E-state index in [9.17, 15) is 4.79 Å². The molecule has 0 spiro atoms. The SMILES string of the molecule is Cn1c(=O)ccc2c(NCCCO)ncnc21. The van der Waals surface area contributed by atoms with Gasteiger partial charge in [-0.2, -0.15) is 0 Å². The highest BCUT2D eigenvalue weighted by Gasteiger charge is 2.05. The highest BCUT2D eigenvalue weighted by molar-refractivity contribution is 5.86. The Morgan fingerprint density at radius 2 is 2.24 bits per heavy atom. The summed E-state index contributed by atoms with van der Waals surface area (Å²) in [4.78, 5) is 19.7. The van der Waals surface area contributed by atoms with Crippen LogP contribution in [0.1, 0.15) is 6.42 Å². The number of aryl methyl sites for hydroxylation is 1. The van der Waals surface area contributed by atoms with Gasteiger partial charge >= 0.3 is 0 Å². The fourth-order valence-corrected chi connectivity index (χ4v) is 1.60. The van der Waals surface area contributed by atoms with Crippen molar-refractivity contribution in [2.75, 3.05) is 18.5 Å². The summed E-state index contributed by atoms with van der Waals surface area (Å²) in [5.41, 5.74) is 0.497. The number of fused-ring (bicyclic) bond motifs is 1. The van der Waals surface area contributed by atoms with Gasteiger partial charge in [-0.05, 0) is 12.5 Å². The molecule has 2 N–H and O–H groups in total. The number of hydrogen-bond acceptors (Lipinski definition) is 5. The molecule has 2 rings (SSSR count). The molecule has 0 aliphatic heterocycles. The molecule has 90 valence electrons. The average Bonchev–Trinajstić information content (AvgIpc) is 2.35. The Kier molecular flexibility index (Phi) is 3.34. The van der Waals surface area contributed by atoms with Crippen LogP contribution in [0.2, 0.25) is 0 Å². The molecule has 0 fully saturated rings. The second-order valence-electron chi connectivity index (χ2n) is 3.69. The van der Waals surface area contributed by atoms with Crippen LogP contribution >= 0.6 is 0 Å². The Morgan fingerprint density at radius 1 is 1.41 bits per heavy atom. The molecular formula is C11H14N4O2. The van der Waals surface area contributed by atoms with E-state index in [1.807, 2.05) is 0 Å². The monoisotopic (exact) mass is 234 g/mol. The summed E-state index contributed by atoms with van der Waals surface area (Å²) in [7, 11) is 1.68. The molecule has 6 heteroatoms. The van der Waals surface area contributed by atoms with E-state index in [0.717, 1.165) is 5.39 Å². The molecule has 0 unspecified atom stereocenters. The average molecular weight is 234 g/mol. The minimum absolute atomic E-state index is 0.0995. The first kappa shape index (κ1) is 11.5. The molecule has 0 radical (unpaired) electrons. The van der Waals surface area contributed by atoms with Crippen molar-refractivity contribution >= 4 is 16.9 Å². The molecule has 0 bridgehead atoms. The number of pyridine rings is 1. The largest absolute Gasteiger partial charge is 0.396 e. The van der Waals surface area contributed by atoms with Crippen molar-refractivity contribution in [3.63, 3.8) is 0 Å². The lowest BCUT2D eigenvalue weighted by Crippen LogP contribution is -2.17. The van der Waals surface area contributed by atoms with Gasteiger partial charge in [0.1, 0.15) is 17.8 Å². The lowest BCUT2D eigenvalue weighted by atomic mass is 10.3. The van der Waals surface area contributed by atoms with Crippen molar-refractivity contribution < 1.29 is 5.11 Å². The normalized spacial score (nSPS) is 10.7. The van der Waals surface area contributed by atoms with Crippen molar-refractivity contribution in [2.24, 2.45) is 7.05 Å². The van der Waals surface area contributed by atoms with Crippen LogP contribution < -0.4 is 10.9 Å². The van der Waals surface area contributed by atoms with Crippen LogP contribution in [-0.2, 0) is 7.05 Å². The van der Waals surface area contributed by atoms with Crippen LogP contribution in [-0.4, -0.2) is 32.8 Å². The Morgan fingerprint density at radius 3 is 3.00 bits per heavy atom. The Bertz CT molecular complexity index is 579. The summed E-state index contributed by atoms with van der Waals surface area (Å²) in [5.74, 6) is 0.680. The van der Waals surface area contributed by atoms with E-state index in [0.29, 0.717) is 24.4 Å². The first-order valence-electron chi connectivity index (χ1n) is 5.39. The third-order valence-corrected chi connectivity index (χ3v) is 2.53. The maximum atomic E-state index is 11.5. The van der Waals surface area contributed by atoms with Gasteiger partial charge in [0.15, 0.2) is 0 Å². The smallest absolute Gasteiger partial charge is 0.251 e. The van der Waals surface area contributed by atoms with Crippen molar-refractivity contribution in [1.82, 2.24) is 14.5 Å². The molecule has 2 aromatic heterocycles. The maximum Gasteiger partial charge on any atom is 0.251 e. The van der Waals surface area contributed by atoms with E-state index in [1.165, 1.54) is 17.0 Å². The van der Waals surface area contributed by atoms with Crippen LogP contribution in [0.5, 0.6) is 0 Å². The molecule has 17 heavy (non-hydrogen) atoms. The van der Waals surface area contributed by atoms with Gasteiger partial charge in [-0.25, -0.2) is 9.97 Å². The van der Waals surface area contributed by atoms with Crippen LogP contribution in [0.4, 0.5) is 5.82 Å². The van der Waals surface area contributed by atoms with Gasteiger partial charge in [-0.1, -0.05) is 0 Å². The van der Waals surface area contributed by atoms with Crippen molar-refractivity contribution in [3.05, 3.63) is 28.8 Å². The summed E-state index contributed by atoms with van der Waals surface area (Å²) in [6.07, 6.45) is 2.07. The molecule has 0 atom stereocenters. The van der Waals surface area contributed by atoms with Crippen molar-refractivity contribution in [2.45, 2.75) is 6.42 Å². The third kappa shape index (κ3) is 2.26. The van der Waals surface area contributed by atoms with E-state index in [4.69, 9.17) is 5.11 Å². The van der Waals surface area contributed by atoms with Gasteiger partial charge in [-0.3, -0.25) is 9.36 Å². The Balaban J connectivity index is 2.44. The minimum Gasteiger partial charge on any atom is -0.396 e. The molecule has 0 aliphatic carbocycles. The summed E-state index contributed by atoms with van der Waals surface area (Å²) in [6, 6.07) is 3.20. The first-order chi connectivity index (χ1) is 8.24. The maximum absolute atomic E-state index is 11.5. The molecule has 2 aromatic rings. The molecular weight excluding hydrogens is 220 g/mol. The molecule has 2 heterocycles. The van der Waals surface area contributed by atoms with Crippen molar-refractivity contribution in [3.8, 4) is 0 Å². The van der Waals surface area contributed by atoms with E-state index in [2.05, 4.69) is 15.3 Å². The second-order valence-corrected chi connectivity index (χ2v) is 3.69. The zero-order chi connectivity index (χ0) is 12.3. The summed E-state index contributed by atoms with van der Waals surface area (Å²) < 4.78 is 1.48. The number of nitrogens with zero attached hydrogens (tertiary/aromatic N) is 3. The number of aliphatic hydroxyl groups is 1. The van der Waals surface area contributed by atoms with Crippen LogP contribution in [0, 0.1) is 0 Å². The fourth-order valence-electron chi connectivity index (χ4n) is 1.60. The quantitative estimate of drug-likeness (QED) is 0.735. The van der Waals surface area contributed by atoms with E-state index < -0.39 is 0 Å². The Labute approximate surface area is 97.9 Å². The Hall–Kier alpha value is -1.95. The zero-order valence-corrected chi connectivity index (χ0v) is 9.55. The van der Waals surface area contributed by atoms with E-state index >= 15 is 0 Å². The lowest BCUT2D eigenvalue weighted by Gasteiger charge is -2.08. The minimum atomic E-state index is -0.0995. The van der Waals surface area contributed by atoms with Crippen LogP contribution in [0.15, 0.2) is 23.3 Å². The summed E-state index contributed by atoms with van der Waals surface area (Å²) >= 11 is 0. The number of hydrogen-bond donors (Lipinski definition) is 2. The molecule has 6 nitrogen and oxygen atoms in total. The summed E-state index contributed by atoms with van der Waals surface area (Å²) in [6.45, 7) is 0.764. The van der Waals surface area contributed by atoms with Crippen LogP contribution in [0.3, 0.4) is 0 Å². The fraction of sp³-hybridized carbons (Fsp3) is 0.364. The molecule has 0 saturated heterocycles. The summed E-state index contributed by atoms with van der Waals surface area (Å²) in [5, 5.41) is 12.6. The van der Waals surface area contributed by atoms with Gasteiger partial charge in [0, 0.05) is 26.3 Å². The standard InChI is InChI=1S/C11H14N4O2/c1-15-9(17)4-3-8-10(12-5-2-6-16)13-7-14-11(8)15/h3-4,7,16H,2,5-6H2,1H3,(H,12,13,14). The number of aromatic nitrogens is 3. The predicted molar refractivity (Wildman–Crippen MR) is 65.0 cm³/mol. The number of nitrogens with one attached hydrogen (secondary N) is 1. The van der Waals surface area contributed by atoms with Gasteiger partial charge in [0.05, 0.1) is 5.39 Å². The molecule has 0 aliphatic rings. The third-order valence-electron chi connectivity index (χ3n) is 2.53. The van der Waals surface area contributed by atoms with Gasteiger partial charge in [-0.15, -0.1) is 0 Å². The number of anilines is 1. The number of aliphatic hydroxyl groups excluding tert-OH is 1. The van der Waals surface area contributed by atoms with E-state index in [1.54, 1.807) is 13.1 Å². The van der Waals surface area contributed by atoms with Gasteiger partial charge in [0.2, 0.25) is 0 Å². The molecule has 0 saturated carbocycles. The van der Waals surface area contributed by atoms with Gasteiger partial charge < -0.3 is 10.4 Å². The van der Waals surface area contributed by atoms with Crippen molar-refractivity contribution in [1.29, 1.82) is 0 Å². The van der Waals surface area contributed by atoms with Crippen LogP contribution in [0.25, 0.3) is 11.0 Å². The molecule has 0 amide bonds. The highest BCUT2D eigenvalue weighted by atomic mass is 16.3. The first-order valence-corrected chi connectivity index (χ1v) is 5.39. The lowest BCUT2D eigenvalue weighted by molar-refractivity contribution is 0.292. The van der Waals surface area contributed by atoms with E-state index in [-0.39, 0.29) is 12.2 Å². The topological polar surface area (TPSA) is 80.0 Å². The zero-order valence-electron chi connectivity index (χ0n) is 9.55. The van der Waals surface area contributed by atoms with Gasteiger partial charge in [0.25, 0.3) is 5.56 Å².